The summed E-state index contributed by atoms with van der Waals surface area (Å²) < 4.78 is 11.5. The van der Waals surface area contributed by atoms with E-state index in [0.717, 1.165) is 44.1 Å². The zero-order valence-electron chi connectivity index (χ0n) is 20.9. The molecule has 0 bridgehead atoms. The lowest BCUT2D eigenvalue weighted by Crippen LogP contribution is -2.60. The van der Waals surface area contributed by atoms with Crippen molar-refractivity contribution >= 4 is 0 Å². The van der Waals surface area contributed by atoms with E-state index in [9.17, 15) is 25.5 Å². The van der Waals surface area contributed by atoms with Crippen molar-refractivity contribution in [3.63, 3.8) is 0 Å². The molecule has 1 fully saturated rings. The number of aromatic hydroxyl groups is 1. The van der Waals surface area contributed by atoms with E-state index in [1.807, 2.05) is 19.1 Å². The number of phenols is 1. The Balaban J connectivity index is 2.29. The summed E-state index contributed by atoms with van der Waals surface area (Å²) in [7, 11) is 0. The molecule has 5 atom stereocenters. The minimum absolute atomic E-state index is 0.0990. The van der Waals surface area contributed by atoms with E-state index >= 15 is 0 Å². The third-order valence-electron chi connectivity index (χ3n) is 6.15. The molecule has 34 heavy (non-hydrogen) atoms. The van der Waals surface area contributed by atoms with Crippen molar-refractivity contribution < 1.29 is 35.0 Å². The van der Waals surface area contributed by atoms with Gasteiger partial charge in [0.05, 0.1) is 6.61 Å². The van der Waals surface area contributed by atoms with Crippen LogP contribution in [0, 0.1) is 0 Å². The summed E-state index contributed by atoms with van der Waals surface area (Å²) in [5.74, 6) is 0.450. The Kier molecular flexibility index (Phi) is 11.5. The van der Waals surface area contributed by atoms with Gasteiger partial charge in [-0.15, -0.1) is 0 Å². The molecule has 0 amide bonds. The lowest BCUT2D eigenvalue weighted by Gasteiger charge is -2.39. The lowest BCUT2D eigenvalue weighted by atomic mass is 9.98. The first-order chi connectivity index (χ1) is 16.2. The average molecular weight is 479 g/mol. The Morgan fingerprint density at radius 3 is 2.41 bits per heavy atom. The Morgan fingerprint density at radius 1 is 1.03 bits per heavy atom. The van der Waals surface area contributed by atoms with E-state index in [4.69, 9.17) is 9.47 Å². The lowest BCUT2D eigenvalue weighted by molar-refractivity contribution is -0.277. The van der Waals surface area contributed by atoms with Gasteiger partial charge in [-0.1, -0.05) is 43.1 Å². The third kappa shape index (κ3) is 8.10. The van der Waals surface area contributed by atoms with Crippen LogP contribution in [0.3, 0.4) is 0 Å². The Labute approximate surface area is 203 Å². The topological polar surface area (TPSA) is 120 Å². The van der Waals surface area contributed by atoms with Crippen molar-refractivity contribution in [2.24, 2.45) is 0 Å². The highest BCUT2D eigenvalue weighted by Crippen LogP contribution is 2.34. The van der Waals surface area contributed by atoms with Gasteiger partial charge in [0.2, 0.25) is 6.29 Å². The predicted octanol–water partition coefficient (Wildman–Crippen LogP) is 3.54. The fraction of sp³-hybridized carbons (Fsp3) is 0.630. The molecule has 2 rings (SSSR count). The van der Waals surface area contributed by atoms with Gasteiger partial charge >= 0.3 is 0 Å². The molecule has 5 N–H and O–H groups in total. The van der Waals surface area contributed by atoms with Crippen LogP contribution in [0.15, 0.2) is 35.4 Å². The molecule has 0 aromatic heterocycles. The number of ether oxygens (including phenoxy) is 2. The maximum Gasteiger partial charge on any atom is 0.229 e. The third-order valence-corrected chi connectivity index (χ3v) is 6.15. The maximum atomic E-state index is 10.8. The van der Waals surface area contributed by atoms with Crippen LogP contribution >= 0.6 is 0 Å². The summed E-state index contributed by atoms with van der Waals surface area (Å²) in [5, 5.41) is 50.9. The minimum Gasteiger partial charge on any atom is -0.508 e. The van der Waals surface area contributed by atoms with Crippen LogP contribution in [0.4, 0.5) is 0 Å². The molecule has 1 aromatic rings. The van der Waals surface area contributed by atoms with Crippen molar-refractivity contribution in [1.82, 2.24) is 0 Å². The first-order valence-corrected chi connectivity index (χ1v) is 12.3. The zero-order chi connectivity index (χ0) is 25.3. The molecule has 1 heterocycles. The largest absolute Gasteiger partial charge is 0.508 e. The van der Waals surface area contributed by atoms with Gasteiger partial charge in [0.25, 0.3) is 0 Å². The summed E-state index contributed by atoms with van der Waals surface area (Å²) in [6.45, 7) is 7.78. The average Bonchev–Trinajstić information content (AvgIpc) is 2.78. The van der Waals surface area contributed by atoms with E-state index in [0.29, 0.717) is 17.7 Å². The summed E-state index contributed by atoms with van der Waals surface area (Å²) in [4.78, 5) is 0. The summed E-state index contributed by atoms with van der Waals surface area (Å²) in [5.41, 5.74) is 3.92. The number of phenolic OH excluding ortho intramolecular Hbond substituents is 1. The fourth-order valence-electron chi connectivity index (χ4n) is 3.98. The van der Waals surface area contributed by atoms with Gasteiger partial charge in [-0.05, 0) is 70.6 Å². The maximum absolute atomic E-state index is 10.8. The van der Waals surface area contributed by atoms with Crippen molar-refractivity contribution in [2.45, 2.75) is 103 Å². The number of aliphatic hydroxyl groups excluding tert-OH is 4. The number of unbranched alkanes of at least 4 members (excludes halogenated alkanes) is 2. The Bertz CT molecular complexity index is 827. The number of hydrogen-bond donors (Lipinski definition) is 5. The van der Waals surface area contributed by atoms with Crippen molar-refractivity contribution in [3.8, 4) is 11.5 Å². The smallest absolute Gasteiger partial charge is 0.229 e. The molecule has 0 saturated carbocycles. The molecule has 1 aliphatic heterocycles. The van der Waals surface area contributed by atoms with E-state index in [2.05, 4.69) is 26.8 Å². The summed E-state index contributed by atoms with van der Waals surface area (Å²) >= 11 is 0. The molecule has 7 heteroatoms. The molecule has 0 aliphatic carbocycles. The molecule has 0 unspecified atom stereocenters. The molecule has 1 aliphatic rings. The van der Waals surface area contributed by atoms with Gasteiger partial charge in [-0.2, -0.15) is 0 Å². The van der Waals surface area contributed by atoms with Gasteiger partial charge in [-0.25, -0.2) is 0 Å². The van der Waals surface area contributed by atoms with Crippen LogP contribution < -0.4 is 4.74 Å². The second-order valence-corrected chi connectivity index (χ2v) is 9.44. The van der Waals surface area contributed by atoms with Crippen LogP contribution in [0.1, 0.15) is 70.9 Å². The van der Waals surface area contributed by atoms with Crippen LogP contribution in [-0.4, -0.2) is 62.8 Å². The van der Waals surface area contributed by atoms with Crippen molar-refractivity contribution in [1.29, 1.82) is 0 Å². The SMILES string of the molecule is CCCCCc1cc(O)c(C/C=C(\C)CCC=C(C)C)c(O[C@@H]2O[C@H](CO)[C@@H](O)[C@H](O)[C@H]2O)c1. The molecule has 0 radical (unpaired) electrons. The fourth-order valence-corrected chi connectivity index (χ4v) is 3.98. The highest BCUT2D eigenvalue weighted by molar-refractivity contribution is 5.48. The first-order valence-electron chi connectivity index (χ1n) is 12.3. The number of aliphatic hydroxyl groups is 4. The molecular formula is C27H42O7. The number of allylic oxidation sites excluding steroid dienone is 4. The van der Waals surface area contributed by atoms with E-state index < -0.39 is 37.3 Å². The number of hydrogen-bond acceptors (Lipinski definition) is 7. The standard InChI is InChI=1S/C27H42O7/c1-5-6-7-11-19-14-21(29)20(13-12-18(4)10-8-9-17(2)3)22(15-19)33-27-26(32)25(31)24(30)23(16-28)34-27/h9,12,14-15,23-32H,5-8,10-11,13,16H2,1-4H3/b18-12+/t23-,24-,25+,26-,27-/m1/s1. The van der Waals surface area contributed by atoms with E-state index in [-0.39, 0.29) is 5.75 Å². The van der Waals surface area contributed by atoms with Crippen molar-refractivity contribution in [3.05, 3.63) is 46.6 Å². The molecule has 1 saturated heterocycles. The number of benzene rings is 1. The van der Waals surface area contributed by atoms with Gasteiger partial charge in [0.1, 0.15) is 35.9 Å². The summed E-state index contributed by atoms with van der Waals surface area (Å²) in [6, 6.07) is 3.58. The van der Waals surface area contributed by atoms with Crippen LogP contribution in [0.25, 0.3) is 0 Å². The molecule has 7 nitrogen and oxygen atoms in total. The highest BCUT2D eigenvalue weighted by atomic mass is 16.7. The monoisotopic (exact) mass is 478 g/mol. The number of aryl methyl sites for hydroxylation is 1. The highest BCUT2D eigenvalue weighted by Gasteiger charge is 2.45. The molecule has 1 aromatic carbocycles. The van der Waals surface area contributed by atoms with Crippen molar-refractivity contribution in [2.75, 3.05) is 6.61 Å². The number of rotatable bonds is 12. The normalized spacial score (nSPS) is 25.3. The van der Waals surface area contributed by atoms with Gasteiger partial charge in [0, 0.05) is 5.56 Å². The van der Waals surface area contributed by atoms with Gasteiger partial charge in [0.15, 0.2) is 0 Å². The molecule has 0 spiro atoms. The summed E-state index contributed by atoms with van der Waals surface area (Å²) in [6.07, 6.45) is 3.53. The second-order valence-electron chi connectivity index (χ2n) is 9.44. The second kappa shape index (κ2) is 13.9. The quantitative estimate of drug-likeness (QED) is 0.230. The van der Waals surface area contributed by atoms with E-state index in [1.54, 1.807) is 6.07 Å². The van der Waals surface area contributed by atoms with Crippen LogP contribution in [-0.2, 0) is 17.6 Å². The van der Waals surface area contributed by atoms with Crippen LogP contribution in [0.2, 0.25) is 0 Å². The Morgan fingerprint density at radius 2 is 1.76 bits per heavy atom. The van der Waals surface area contributed by atoms with Gasteiger partial charge < -0.3 is 35.0 Å². The Hall–Kier alpha value is -1.90. The molecular weight excluding hydrogens is 436 g/mol. The van der Waals surface area contributed by atoms with Gasteiger partial charge in [-0.3, -0.25) is 0 Å². The first kappa shape index (κ1) is 28.3. The molecule has 192 valence electrons. The van der Waals surface area contributed by atoms with E-state index in [1.165, 1.54) is 11.1 Å². The minimum atomic E-state index is -1.53. The predicted molar refractivity (Wildman–Crippen MR) is 132 cm³/mol. The zero-order valence-corrected chi connectivity index (χ0v) is 20.9. The van der Waals surface area contributed by atoms with Crippen LogP contribution in [0.5, 0.6) is 11.5 Å².